The topological polar surface area (TPSA) is 55.4 Å². The van der Waals surface area contributed by atoms with Gasteiger partial charge in [0.25, 0.3) is 0 Å². The van der Waals surface area contributed by atoms with Gasteiger partial charge in [0, 0.05) is 0 Å². The number of carbonyl (C=O) groups excluding carboxylic acids is 2. The summed E-state index contributed by atoms with van der Waals surface area (Å²) in [5.74, 6) is -1.58. The van der Waals surface area contributed by atoms with Crippen molar-refractivity contribution in [2.75, 3.05) is 0 Å². The fourth-order valence-corrected chi connectivity index (χ4v) is 0.542. The second kappa shape index (κ2) is 3.18. The average molecular weight is 155 g/mol. The van der Waals surface area contributed by atoms with Crippen LogP contribution in [0.5, 0.6) is 0 Å². The lowest BCUT2D eigenvalue weighted by Gasteiger charge is -1.99. The molecule has 1 amide bonds. The molecule has 1 rings (SSSR count). The van der Waals surface area contributed by atoms with E-state index < -0.39 is 11.9 Å². The molecule has 1 aliphatic carbocycles. The molecule has 11 heavy (non-hydrogen) atoms. The second-order valence-corrected chi connectivity index (χ2v) is 2.28. The van der Waals surface area contributed by atoms with E-state index in [2.05, 4.69) is 16.6 Å². The first-order chi connectivity index (χ1) is 5.24. The third-order valence-electron chi connectivity index (χ3n) is 1.22. The predicted molar refractivity (Wildman–Crippen MR) is 37.5 cm³/mol. The van der Waals surface area contributed by atoms with Gasteiger partial charge in [0.15, 0.2) is 0 Å². The van der Waals surface area contributed by atoms with Crippen LogP contribution in [0.25, 0.3) is 0 Å². The third-order valence-corrected chi connectivity index (χ3v) is 1.22. The quantitative estimate of drug-likeness (QED) is 0.449. The first-order valence-electron chi connectivity index (χ1n) is 3.36. The Morgan fingerprint density at radius 1 is 1.55 bits per heavy atom. The number of esters is 1. The zero-order chi connectivity index (χ0) is 8.27. The molecule has 1 fully saturated rings. The molecule has 1 N–H and O–H groups in total. The lowest BCUT2D eigenvalue weighted by molar-refractivity contribution is -0.155. The maximum absolute atomic E-state index is 10.7. The minimum atomic E-state index is -0.826. The molecule has 0 heterocycles. The van der Waals surface area contributed by atoms with Gasteiger partial charge < -0.3 is 10.1 Å². The van der Waals surface area contributed by atoms with Gasteiger partial charge in [-0.15, -0.1) is 0 Å². The molecule has 0 spiro atoms. The average Bonchev–Trinajstić information content (AvgIpc) is 2.72. The summed E-state index contributed by atoms with van der Waals surface area (Å²) in [6, 6.07) is 0. The molecule has 0 bridgehead atoms. The van der Waals surface area contributed by atoms with Crippen molar-refractivity contribution < 1.29 is 14.3 Å². The molecule has 0 saturated heterocycles. The van der Waals surface area contributed by atoms with E-state index in [4.69, 9.17) is 0 Å². The van der Waals surface area contributed by atoms with Crippen molar-refractivity contribution in [1.82, 2.24) is 5.32 Å². The molecule has 0 aromatic carbocycles. The third kappa shape index (κ3) is 2.41. The summed E-state index contributed by atoms with van der Waals surface area (Å²) in [6.45, 7) is 3.24. The molecule has 4 nitrogen and oxygen atoms in total. The van der Waals surface area contributed by atoms with Gasteiger partial charge in [0.1, 0.15) is 6.10 Å². The first kappa shape index (κ1) is 7.78. The SMILES string of the molecule is C=CNC(=O)C(=O)OC1CC1. The Kier molecular flexibility index (Phi) is 2.25. The smallest absolute Gasteiger partial charge is 0.397 e. The summed E-state index contributed by atoms with van der Waals surface area (Å²) < 4.78 is 4.68. The van der Waals surface area contributed by atoms with E-state index in [0.717, 1.165) is 19.0 Å². The van der Waals surface area contributed by atoms with Crippen LogP contribution in [0.4, 0.5) is 0 Å². The number of nitrogens with one attached hydrogen (secondary N) is 1. The van der Waals surface area contributed by atoms with Gasteiger partial charge in [-0.1, -0.05) is 6.58 Å². The molecule has 0 aromatic heterocycles. The summed E-state index contributed by atoms with van der Waals surface area (Å²) in [7, 11) is 0. The fourth-order valence-electron chi connectivity index (χ4n) is 0.542. The van der Waals surface area contributed by atoms with E-state index in [1.165, 1.54) is 0 Å². The van der Waals surface area contributed by atoms with Gasteiger partial charge in [0.2, 0.25) is 0 Å². The lowest BCUT2D eigenvalue weighted by atomic mass is 10.6. The van der Waals surface area contributed by atoms with Crippen molar-refractivity contribution in [3.63, 3.8) is 0 Å². The van der Waals surface area contributed by atoms with Gasteiger partial charge >= 0.3 is 11.9 Å². The zero-order valence-corrected chi connectivity index (χ0v) is 6.00. The number of carbonyl (C=O) groups is 2. The van der Waals surface area contributed by atoms with E-state index in [1.54, 1.807) is 0 Å². The monoisotopic (exact) mass is 155 g/mol. The Balaban J connectivity index is 2.26. The van der Waals surface area contributed by atoms with Crippen LogP contribution < -0.4 is 5.32 Å². The highest BCUT2D eigenvalue weighted by atomic mass is 16.6. The highest BCUT2D eigenvalue weighted by molar-refractivity contribution is 6.32. The molecule has 1 saturated carbocycles. The van der Waals surface area contributed by atoms with Crippen molar-refractivity contribution in [3.8, 4) is 0 Å². The van der Waals surface area contributed by atoms with Gasteiger partial charge in [-0.05, 0) is 19.0 Å². The van der Waals surface area contributed by atoms with Crippen LogP contribution in [0.1, 0.15) is 12.8 Å². The summed E-state index contributed by atoms with van der Waals surface area (Å²) in [5.41, 5.74) is 0. The minimum absolute atomic E-state index is 0.0296. The van der Waals surface area contributed by atoms with Gasteiger partial charge in [-0.2, -0.15) is 0 Å². The van der Waals surface area contributed by atoms with Crippen molar-refractivity contribution in [2.24, 2.45) is 0 Å². The Morgan fingerprint density at radius 2 is 2.18 bits per heavy atom. The molecule has 4 heteroatoms. The van der Waals surface area contributed by atoms with Crippen LogP contribution in [-0.2, 0) is 14.3 Å². The Labute approximate surface area is 64.2 Å². The van der Waals surface area contributed by atoms with Gasteiger partial charge in [0.05, 0.1) is 0 Å². The Hall–Kier alpha value is -1.32. The maximum atomic E-state index is 10.7. The van der Waals surface area contributed by atoms with E-state index in [1.807, 2.05) is 0 Å². The largest absolute Gasteiger partial charge is 0.455 e. The second-order valence-electron chi connectivity index (χ2n) is 2.28. The predicted octanol–water partition coefficient (Wildman–Crippen LogP) is -0.0483. The lowest BCUT2D eigenvalue weighted by Crippen LogP contribution is -2.28. The summed E-state index contributed by atoms with van der Waals surface area (Å²) in [4.78, 5) is 21.4. The molecule has 0 radical (unpaired) electrons. The van der Waals surface area contributed by atoms with E-state index in [9.17, 15) is 9.59 Å². The maximum Gasteiger partial charge on any atom is 0.397 e. The van der Waals surface area contributed by atoms with Crippen LogP contribution in [0.15, 0.2) is 12.8 Å². The number of hydrogen-bond acceptors (Lipinski definition) is 3. The van der Waals surface area contributed by atoms with Crippen LogP contribution >= 0.6 is 0 Å². The number of rotatable bonds is 2. The number of hydrogen-bond donors (Lipinski definition) is 1. The molecule has 0 aliphatic heterocycles. The van der Waals surface area contributed by atoms with E-state index >= 15 is 0 Å². The molecular formula is C7H9NO3. The van der Waals surface area contributed by atoms with Gasteiger partial charge in [-0.3, -0.25) is 4.79 Å². The number of amides is 1. The fraction of sp³-hybridized carbons (Fsp3) is 0.429. The van der Waals surface area contributed by atoms with Crippen LogP contribution in [0.2, 0.25) is 0 Å². The van der Waals surface area contributed by atoms with E-state index in [-0.39, 0.29) is 6.10 Å². The summed E-state index contributed by atoms with van der Waals surface area (Å²) in [5, 5.41) is 2.13. The Bertz CT molecular complexity index is 196. The molecule has 0 unspecified atom stereocenters. The zero-order valence-electron chi connectivity index (χ0n) is 6.00. The van der Waals surface area contributed by atoms with Crippen LogP contribution in [0.3, 0.4) is 0 Å². The normalized spacial score (nSPS) is 15.3. The molecule has 1 aliphatic rings. The van der Waals surface area contributed by atoms with Crippen molar-refractivity contribution in [1.29, 1.82) is 0 Å². The van der Waals surface area contributed by atoms with Crippen LogP contribution in [-0.4, -0.2) is 18.0 Å². The first-order valence-corrected chi connectivity index (χ1v) is 3.36. The van der Waals surface area contributed by atoms with Gasteiger partial charge in [-0.25, -0.2) is 4.79 Å². The molecule has 0 atom stereocenters. The summed E-state index contributed by atoms with van der Waals surface area (Å²) >= 11 is 0. The summed E-state index contributed by atoms with van der Waals surface area (Å²) in [6.07, 6.45) is 2.86. The van der Waals surface area contributed by atoms with Crippen molar-refractivity contribution in [2.45, 2.75) is 18.9 Å². The molecule has 60 valence electrons. The van der Waals surface area contributed by atoms with Crippen molar-refractivity contribution in [3.05, 3.63) is 12.8 Å². The van der Waals surface area contributed by atoms with Crippen LogP contribution in [0, 0.1) is 0 Å². The Morgan fingerprint density at radius 3 is 2.64 bits per heavy atom. The van der Waals surface area contributed by atoms with Crippen molar-refractivity contribution >= 4 is 11.9 Å². The highest BCUT2D eigenvalue weighted by Crippen LogP contribution is 2.23. The molecule has 0 aromatic rings. The minimum Gasteiger partial charge on any atom is -0.455 e. The number of ether oxygens (including phenoxy) is 1. The van der Waals surface area contributed by atoms with E-state index in [0.29, 0.717) is 0 Å². The standard InChI is InChI=1S/C7H9NO3/c1-2-8-6(9)7(10)11-5-3-4-5/h2,5H,1,3-4H2,(H,8,9). The molecular weight excluding hydrogens is 146 g/mol. The highest BCUT2D eigenvalue weighted by Gasteiger charge is 2.28.